The van der Waals surface area contributed by atoms with Gasteiger partial charge in [0, 0.05) is 32.2 Å². The Hall–Kier alpha value is -0.900. The molecule has 0 aliphatic carbocycles. The van der Waals surface area contributed by atoms with E-state index in [1.165, 1.54) is 16.7 Å². The van der Waals surface area contributed by atoms with E-state index in [-0.39, 0.29) is 0 Å². The Bertz CT molecular complexity index is 406. The first-order valence-electron chi connectivity index (χ1n) is 8.01. The summed E-state index contributed by atoms with van der Waals surface area (Å²) in [6.45, 7) is 12.8. The fourth-order valence-electron chi connectivity index (χ4n) is 2.97. The quantitative estimate of drug-likeness (QED) is 0.799. The molecule has 1 aromatic rings. The number of rotatable bonds is 8. The minimum absolute atomic E-state index is 0.313. The third-order valence-corrected chi connectivity index (χ3v) is 3.97. The van der Waals surface area contributed by atoms with Gasteiger partial charge in [0.25, 0.3) is 0 Å². The highest BCUT2D eigenvalue weighted by molar-refractivity contribution is 5.36. The summed E-state index contributed by atoms with van der Waals surface area (Å²) in [6, 6.07) is 6.84. The number of benzene rings is 1. The molecule has 0 heterocycles. The maximum absolute atomic E-state index is 6.17. The number of nitrogens with zero attached hydrogens (tertiary/aromatic N) is 2. The first-order valence-corrected chi connectivity index (χ1v) is 8.01. The molecule has 120 valence electrons. The zero-order chi connectivity index (χ0) is 16.0. The Labute approximate surface area is 131 Å². The monoisotopic (exact) mass is 291 g/mol. The van der Waals surface area contributed by atoms with E-state index < -0.39 is 0 Å². The van der Waals surface area contributed by atoms with Crippen molar-refractivity contribution in [1.29, 1.82) is 0 Å². The molecule has 0 saturated heterocycles. The third kappa shape index (κ3) is 5.42. The van der Waals surface area contributed by atoms with Gasteiger partial charge in [0.2, 0.25) is 0 Å². The number of likely N-dealkylation sites (N-methyl/N-ethyl adjacent to an activating group) is 1. The Morgan fingerprint density at radius 3 is 2.05 bits per heavy atom. The molecule has 0 bridgehead atoms. The molecule has 0 radical (unpaired) electrons. The van der Waals surface area contributed by atoms with Crippen molar-refractivity contribution < 1.29 is 0 Å². The van der Waals surface area contributed by atoms with Gasteiger partial charge >= 0.3 is 0 Å². The highest BCUT2D eigenvalue weighted by Crippen LogP contribution is 2.27. The molecule has 21 heavy (non-hydrogen) atoms. The van der Waals surface area contributed by atoms with Gasteiger partial charge in [0.05, 0.1) is 0 Å². The summed E-state index contributed by atoms with van der Waals surface area (Å²) in [5.74, 6) is 0.644. The van der Waals surface area contributed by atoms with Gasteiger partial charge in [-0.05, 0) is 50.6 Å². The van der Waals surface area contributed by atoms with E-state index in [0.717, 1.165) is 19.6 Å². The summed E-state index contributed by atoms with van der Waals surface area (Å²) < 4.78 is 0. The SMILES string of the molecule is Cc1cccc(C)c1C(CN)N(CCN(C)C)CC(C)C. The second-order valence-corrected chi connectivity index (χ2v) is 6.75. The zero-order valence-electron chi connectivity index (χ0n) is 14.7. The Morgan fingerprint density at radius 2 is 1.62 bits per heavy atom. The van der Waals surface area contributed by atoms with Crippen molar-refractivity contribution in [2.24, 2.45) is 11.7 Å². The maximum atomic E-state index is 6.17. The van der Waals surface area contributed by atoms with Crippen molar-refractivity contribution in [2.75, 3.05) is 40.3 Å². The summed E-state index contributed by atoms with van der Waals surface area (Å²) in [6.07, 6.45) is 0. The maximum Gasteiger partial charge on any atom is 0.0476 e. The van der Waals surface area contributed by atoms with Crippen LogP contribution in [0.4, 0.5) is 0 Å². The van der Waals surface area contributed by atoms with Crippen LogP contribution in [0.15, 0.2) is 18.2 Å². The minimum Gasteiger partial charge on any atom is -0.329 e. The number of nitrogens with two attached hydrogens (primary N) is 1. The third-order valence-electron chi connectivity index (χ3n) is 3.97. The fraction of sp³-hybridized carbons (Fsp3) is 0.667. The largest absolute Gasteiger partial charge is 0.329 e. The van der Waals surface area contributed by atoms with Crippen LogP contribution in [-0.4, -0.2) is 50.1 Å². The highest BCUT2D eigenvalue weighted by Gasteiger charge is 2.22. The summed E-state index contributed by atoms with van der Waals surface area (Å²) >= 11 is 0. The molecular weight excluding hydrogens is 258 g/mol. The molecule has 3 nitrogen and oxygen atoms in total. The average molecular weight is 291 g/mol. The van der Waals surface area contributed by atoms with Crippen molar-refractivity contribution in [3.8, 4) is 0 Å². The average Bonchev–Trinajstić information content (AvgIpc) is 2.39. The molecule has 0 aromatic heterocycles. The summed E-state index contributed by atoms with van der Waals surface area (Å²) in [7, 11) is 4.26. The van der Waals surface area contributed by atoms with Gasteiger partial charge < -0.3 is 10.6 Å². The standard InChI is InChI=1S/C18H33N3/c1-14(2)13-21(11-10-20(5)6)17(12-19)18-15(3)8-7-9-16(18)4/h7-9,14,17H,10-13,19H2,1-6H3. The molecule has 0 saturated carbocycles. The number of hydrogen-bond donors (Lipinski definition) is 1. The first-order chi connectivity index (χ1) is 9.86. The predicted molar refractivity (Wildman–Crippen MR) is 92.7 cm³/mol. The molecule has 0 fully saturated rings. The van der Waals surface area contributed by atoms with Crippen LogP contribution in [0.5, 0.6) is 0 Å². The lowest BCUT2D eigenvalue weighted by Gasteiger charge is -2.35. The molecule has 1 aromatic carbocycles. The van der Waals surface area contributed by atoms with E-state index in [0.29, 0.717) is 18.5 Å². The first kappa shape index (κ1) is 18.1. The van der Waals surface area contributed by atoms with Crippen LogP contribution in [0.1, 0.15) is 36.6 Å². The number of hydrogen-bond acceptors (Lipinski definition) is 3. The molecule has 1 rings (SSSR count). The van der Waals surface area contributed by atoms with Gasteiger partial charge in [-0.25, -0.2) is 0 Å². The zero-order valence-corrected chi connectivity index (χ0v) is 14.7. The molecule has 1 unspecified atom stereocenters. The van der Waals surface area contributed by atoms with Gasteiger partial charge in [0.15, 0.2) is 0 Å². The second-order valence-electron chi connectivity index (χ2n) is 6.75. The van der Waals surface area contributed by atoms with Crippen LogP contribution in [0.3, 0.4) is 0 Å². The van der Waals surface area contributed by atoms with Crippen molar-refractivity contribution >= 4 is 0 Å². The smallest absolute Gasteiger partial charge is 0.0476 e. The summed E-state index contributed by atoms with van der Waals surface area (Å²) in [5.41, 5.74) is 10.3. The topological polar surface area (TPSA) is 32.5 Å². The lowest BCUT2D eigenvalue weighted by Crippen LogP contribution is -2.40. The molecule has 2 N–H and O–H groups in total. The van der Waals surface area contributed by atoms with Crippen LogP contribution in [0.25, 0.3) is 0 Å². The normalized spacial score (nSPS) is 13.4. The molecule has 1 atom stereocenters. The Morgan fingerprint density at radius 1 is 1.05 bits per heavy atom. The molecule has 3 heteroatoms. The van der Waals surface area contributed by atoms with Crippen molar-refractivity contribution in [3.05, 3.63) is 34.9 Å². The van der Waals surface area contributed by atoms with E-state index in [2.05, 4.69) is 69.8 Å². The van der Waals surface area contributed by atoms with Gasteiger partial charge in [0.1, 0.15) is 0 Å². The summed E-state index contributed by atoms with van der Waals surface area (Å²) in [5, 5.41) is 0. The van der Waals surface area contributed by atoms with Gasteiger partial charge in [-0.15, -0.1) is 0 Å². The van der Waals surface area contributed by atoms with Crippen molar-refractivity contribution in [3.63, 3.8) is 0 Å². The van der Waals surface area contributed by atoms with Gasteiger partial charge in [-0.1, -0.05) is 32.0 Å². The predicted octanol–water partition coefficient (Wildman–Crippen LogP) is 2.82. The van der Waals surface area contributed by atoms with E-state index in [4.69, 9.17) is 5.73 Å². The van der Waals surface area contributed by atoms with E-state index in [1.807, 2.05) is 0 Å². The number of aryl methyl sites for hydroxylation is 2. The van der Waals surface area contributed by atoms with E-state index in [1.54, 1.807) is 0 Å². The van der Waals surface area contributed by atoms with Crippen LogP contribution in [0, 0.1) is 19.8 Å². The molecule has 0 aliphatic heterocycles. The molecule has 0 spiro atoms. The van der Waals surface area contributed by atoms with Crippen molar-refractivity contribution in [1.82, 2.24) is 9.80 Å². The fourth-order valence-corrected chi connectivity index (χ4v) is 2.97. The highest BCUT2D eigenvalue weighted by atomic mass is 15.2. The van der Waals surface area contributed by atoms with E-state index in [9.17, 15) is 0 Å². The minimum atomic E-state index is 0.313. The second kappa shape index (κ2) is 8.52. The molecule has 0 amide bonds. The Balaban J connectivity index is 3.05. The van der Waals surface area contributed by atoms with Crippen molar-refractivity contribution in [2.45, 2.75) is 33.7 Å². The summed E-state index contributed by atoms with van der Waals surface area (Å²) in [4.78, 5) is 4.80. The van der Waals surface area contributed by atoms with Gasteiger partial charge in [-0.2, -0.15) is 0 Å². The van der Waals surface area contributed by atoms with Crippen LogP contribution >= 0.6 is 0 Å². The molecule has 0 aliphatic rings. The van der Waals surface area contributed by atoms with Crippen LogP contribution in [0.2, 0.25) is 0 Å². The van der Waals surface area contributed by atoms with Crippen LogP contribution < -0.4 is 5.73 Å². The van der Waals surface area contributed by atoms with Crippen LogP contribution in [-0.2, 0) is 0 Å². The Kier molecular flexibility index (Phi) is 7.36. The lowest BCUT2D eigenvalue weighted by molar-refractivity contribution is 0.163. The van der Waals surface area contributed by atoms with Gasteiger partial charge in [-0.3, -0.25) is 4.90 Å². The van der Waals surface area contributed by atoms with E-state index >= 15 is 0 Å². The lowest BCUT2D eigenvalue weighted by atomic mass is 9.94. The molecular formula is C18H33N3.